The molecule has 18 heavy (non-hydrogen) atoms. The van der Waals surface area contributed by atoms with Crippen molar-refractivity contribution in [2.24, 2.45) is 0 Å². The van der Waals surface area contributed by atoms with Crippen molar-refractivity contribution < 1.29 is 22.1 Å². The highest BCUT2D eigenvalue weighted by atomic mass is 32.2. The molecule has 2 heterocycles. The van der Waals surface area contributed by atoms with Crippen molar-refractivity contribution in [3.8, 4) is 0 Å². The summed E-state index contributed by atoms with van der Waals surface area (Å²) in [6, 6.07) is 0. The van der Waals surface area contributed by atoms with Gasteiger partial charge >= 0.3 is 0 Å². The van der Waals surface area contributed by atoms with Crippen molar-refractivity contribution in [3.05, 3.63) is 0 Å². The van der Waals surface area contributed by atoms with E-state index in [0.717, 1.165) is 38.7 Å². The summed E-state index contributed by atoms with van der Waals surface area (Å²) >= 11 is 0. The van der Waals surface area contributed by atoms with Crippen molar-refractivity contribution in [3.63, 3.8) is 0 Å². The van der Waals surface area contributed by atoms with Gasteiger partial charge in [-0.15, -0.1) is 0 Å². The van der Waals surface area contributed by atoms with Crippen molar-refractivity contribution in [1.82, 2.24) is 4.90 Å². The van der Waals surface area contributed by atoms with Crippen molar-refractivity contribution in [1.29, 1.82) is 0 Å². The second kappa shape index (κ2) is 5.42. The minimum absolute atomic E-state index is 0.0398. The molecule has 2 aliphatic heterocycles. The van der Waals surface area contributed by atoms with E-state index in [1.54, 1.807) is 0 Å². The Bertz CT molecular complexity index is 375. The Hall–Kier alpha value is -0.210. The second-order valence-electron chi connectivity index (χ2n) is 4.88. The van der Waals surface area contributed by atoms with Crippen LogP contribution in [0.3, 0.4) is 0 Å². The molecule has 0 aromatic rings. The van der Waals surface area contributed by atoms with Crippen molar-refractivity contribution >= 4 is 10.1 Å². The Morgan fingerprint density at radius 2 is 2.06 bits per heavy atom. The van der Waals surface area contributed by atoms with Crippen LogP contribution in [-0.4, -0.2) is 64.3 Å². The van der Waals surface area contributed by atoms with Crippen LogP contribution >= 0.6 is 0 Å². The Kier molecular flexibility index (Phi) is 4.28. The van der Waals surface area contributed by atoms with Gasteiger partial charge in [0, 0.05) is 25.9 Å². The fraction of sp³-hybridized carbons (Fsp3) is 1.00. The lowest BCUT2D eigenvalue weighted by Gasteiger charge is -2.37. The minimum Gasteiger partial charge on any atom is -0.347 e. The molecule has 0 aromatic heterocycles. The van der Waals surface area contributed by atoms with Gasteiger partial charge in [-0.2, -0.15) is 8.42 Å². The van der Waals surface area contributed by atoms with Crippen LogP contribution in [0, 0.1) is 0 Å². The largest absolute Gasteiger partial charge is 0.347 e. The van der Waals surface area contributed by atoms with Crippen LogP contribution in [-0.2, 0) is 23.8 Å². The molecule has 1 unspecified atom stereocenters. The maximum atomic E-state index is 10.9. The van der Waals surface area contributed by atoms with Gasteiger partial charge in [0.15, 0.2) is 5.79 Å². The third-order valence-electron chi connectivity index (χ3n) is 3.45. The van der Waals surface area contributed by atoms with E-state index < -0.39 is 15.9 Å². The summed E-state index contributed by atoms with van der Waals surface area (Å²) in [6.45, 7) is 5.53. The molecule has 2 aliphatic rings. The van der Waals surface area contributed by atoms with E-state index in [0.29, 0.717) is 6.61 Å². The number of rotatable bonds is 4. The molecule has 1 spiro atoms. The van der Waals surface area contributed by atoms with E-state index >= 15 is 0 Å². The third-order valence-corrected chi connectivity index (χ3v) is 4.01. The first-order chi connectivity index (χ1) is 8.42. The van der Waals surface area contributed by atoms with Crippen LogP contribution in [0.25, 0.3) is 0 Å². The quantitative estimate of drug-likeness (QED) is 0.685. The second-order valence-corrected chi connectivity index (χ2v) is 6.53. The summed E-state index contributed by atoms with van der Waals surface area (Å²) in [5.74, 6) is -0.517. The standard InChI is InChI=1S/C11H21NO5S/c1-3-12-6-4-11(5-7-12)15-8-10(17-11)9-16-18(2,13)14/h10H,3-9H2,1-2H3. The molecule has 0 radical (unpaired) electrons. The molecule has 106 valence electrons. The lowest BCUT2D eigenvalue weighted by Crippen LogP contribution is -2.45. The Balaban J connectivity index is 1.81. The molecule has 0 N–H and O–H groups in total. The van der Waals surface area contributed by atoms with Crippen LogP contribution in [0.5, 0.6) is 0 Å². The van der Waals surface area contributed by atoms with Gasteiger partial charge in [-0.25, -0.2) is 0 Å². The molecule has 0 aliphatic carbocycles. The normalized spacial score (nSPS) is 28.9. The highest BCUT2D eigenvalue weighted by molar-refractivity contribution is 7.85. The SMILES string of the molecule is CCN1CCC2(CC1)OCC(COS(C)(=O)=O)O2. The van der Waals surface area contributed by atoms with E-state index in [1.165, 1.54) is 0 Å². The Morgan fingerprint density at radius 3 is 2.61 bits per heavy atom. The summed E-state index contributed by atoms with van der Waals surface area (Å²) < 4.78 is 38.1. The molecular formula is C11H21NO5S. The van der Waals surface area contributed by atoms with E-state index in [-0.39, 0.29) is 12.7 Å². The van der Waals surface area contributed by atoms with Crippen LogP contribution < -0.4 is 0 Å². The van der Waals surface area contributed by atoms with Gasteiger partial charge in [0.2, 0.25) is 0 Å². The van der Waals surface area contributed by atoms with Crippen LogP contribution in [0.1, 0.15) is 19.8 Å². The molecule has 0 aromatic carbocycles. The van der Waals surface area contributed by atoms with E-state index in [4.69, 9.17) is 13.7 Å². The average Bonchev–Trinajstić information content (AvgIpc) is 2.71. The molecule has 2 fully saturated rings. The zero-order valence-electron chi connectivity index (χ0n) is 10.9. The molecule has 0 saturated carbocycles. The predicted molar refractivity (Wildman–Crippen MR) is 65.7 cm³/mol. The number of nitrogens with zero attached hydrogens (tertiary/aromatic N) is 1. The molecule has 6 nitrogen and oxygen atoms in total. The van der Waals surface area contributed by atoms with E-state index in [2.05, 4.69) is 11.8 Å². The molecule has 7 heteroatoms. The highest BCUT2D eigenvalue weighted by Gasteiger charge is 2.43. The molecule has 1 atom stereocenters. The maximum Gasteiger partial charge on any atom is 0.264 e. The summed E-state index contributed by atoms with van der Waals surface area (Å²) in [4.78, 5) is 2.35. The van der Waals surface area contributed by atoms with E-state index in [9.17, 15) is 8.42 Å². The fourth-order valence-electron chi connectivity index (χ4n) is 2.37. The molecule has 0 amide bonds. The summed E-state index contributed by atoms with van der Waals surface area (Å²) in [5.41, 5.74) is 0. The number of ether oxygens (including phenoxy) is 2. The third kappa shape index (κ3) is 3.64. The van der Waals surface area contributed by atoms with E-state index in [1.807, 2.05) is 0 Å². The fourth-order valence-corrected chi connectivity index (χ4v) is 2.77. The maximum absolute atomic E-state index is 10.9. The zero-order chi connectivity index (χ0) is 13.2. The summed E-state index contributed by atoms with van der Waals surface area (Å²) in [6.07, 6.45) is 2.41. The molecule has 2 saturated heterocycles. The lowest BCUT2D eigenvalue weighted by atomic mass is 10.0. The van der Waals surface area contributed by atoms with Gasteiger partial charge in [0.05, 0.1) is 19.5 Å². The topological polar surface area (TPSA) is 65.1 Å². The van der Waals surface area contributed by atoms with Gasteiger partial charge in [0.1, 0.15) is 6.10 Å². The van der Waals surface area contributed by atoms with Gasteiger partial charge in [-0.05, 0) is 6.54 Å². The first-order valence-electron chi connectivity index (χ1n) is 6.31. The lowest BCUT2D eigenvalue weighted by molar-refractivity contribution is -0.196. The van der Waals surface area contributed by atoms with Crippen molar-refractivity contribution in [2.75, 3.05) is 39.1 Å². The van der Waals surface area contributed by atoms with Crippen LogP contribution in [0.4, 0.5) is 0 Å². The predicted octanol–water partition coefficient (Wildman–Crippen LogP) is 0.190. The number of hydrogen-bond acceptors (Lipinski definition) is 6. The van der Waals surface area contributed by atoms with Crippen molar-refractivity contribution in [2.45, 2.75) is 31.7 Å². The van der Waals surface area contributed by atoms with Gasteiger partial charge in [-0.3, -0.25) is 4.18 Å². The Labute approximate surface area is 108 Å². The Morgan fingerprint density at radius 1 is 1.39 bits per heavy atom. The van der Waals surface area contributed by atoms with Gasteiger partial charge in [0.25, 0.3) is 10.1 Å². The first kappa shape index (κ1) is 14.2. The summed E-state index contributed by atoms with van der Waals surface area (Å²) in [7, 11) is -3.41. The minimum atomic E-state index is -3.41. The average molecular weight is 279 g/mol. The molecule has 0 bridgehead atoms. The first-order valence-corrected chi connectivity index (χ1v) is 8.13. The number of piperidine rings is 1. The summed E-state index contributed by atoms with van der Waals surface area (Å²) in [5, 5.41) is 0. The monoisotopic (exact) mass is 279 g/mol. The number of hydrogen-bond donors (Lipinski definition) is 0. The van der Waals surface area contributed by atoms with Crippen LogP contribution in [0.15, 0.2) is 0 Å². The smallest absolute Gasteiger partial charge is 0.264 e. The molecule has 2 rings (SSSR count). The highest BCUT2D eigenvalue weighted by Crippen LogP contribution is 2.34. The van der Waals surface area contributed by atoms with Gasteiger partial charge in [-0.1, -0.05) is 6.92 Å². The molecular weight excluding hydrogens is 258 g/mol. The van der Waals surface area contributed by atoms with Gasteiger partial charge < -0.3 is 14.4 Å². The zero-order valence-corrected chi connectivity index (χ0v) is 11.7. The van der Waals surface area contributed by atoms with Crippen LogP contribution in [0.2, 0.25) is 0 Å². The number of likely N-dealkylation sites (tertiary alicyclic amines) is 1.